The molecule has 0 saturated carbocycles. The zero-order valence-corrected chi connectivity index (χ0v) is 17.8. The van der Waals surface area contributed by atoms with Crippen LogP contribution in [0.15, 0.2) is 80.7 Å². The molecule has 0 saturated heterocycles. The molecular formula is C22H18N4O2S2. The number of hydrogen-bond acceptors (Lipinski definition) is 5. The first-order valence-electron chi connectivity index (χ1n) is 9.33. The lowest BCUT2D eigenvalue weighted by atomic mass is 9.97. The van der Waals surface area contributed by atoms with E-state index in [9.17, 15) is 13.7 Å². The van der Waals surface area contributed by atoms with Gasteiger partial charge in [0.05, 0.1) is 22.8 Å². The van der Waals surface area contributed by atoms with Gasteiger partial charge >= 0.3 is 0 Å². The minimum absolute atomic E-state index is 0.136. The number of para-hydroxylation sites is 2. The van der Waals surface area contributed by atoms with Crippen LogP contribution in [0.4, 0.5) is 0 Å². The molecule has 0 aliphatic heterocycles. The predicted octanol–water partition coefficient (Wildman–Crippen LogP) is 4.60. The minimum Gasteiger partial charge on any atom is -0.327 e. The molecule has 1 atom stereocenters. The van der Waals surface area contributed by atoms with Crippen molar-refractivity contribution in [2.24, 2.45) is 4.40 Å². The van der Waals surface area contributed by atoms with Crippen LogP contribution in [0.5, 0.6) is 0 Å². The van der Waals surface area contributed by atoms with E-state index in [0.717, 1.165) is 22.4 Å². The van der Waals surface area contributed by atoms with Gasteiger partial charge in [0.1, 0.15) is 16.0 Å². The lowest BCUT2D eigenvalue weighted by molar-refractivity contribution is 0.600. The predicted molar refractivity (Wildman–Crippen MR) is 118 cm³/mol. The van der Waals surface area contributed by atoms with E-state index >= 15 is 0 Å². The first-order valence-corrected chi connectivity index (χ1v) is 11.7. The van der Waals surface area contributed by atoms with Crippen LogP contribution in [-0.2, 0) is 16.6 Å². The quantitative estimate of drug-likeness (QED) is 0.415. The summed E-state index contributed by atoms with van der Waals surface area (Å²) in [5.41, 5.74) is 2.38. The normalized spacial score (nSPS) is 13.3. The van der Waals surface area contributed by atoms with E-state index in [1.807, 2.05) is 41.8 Å². The molecule has 2 aromatic carbocycles. The summed E-state index contributed by atoms with van der Waals surface area (Å²) >= 11 is 1.09. The summed E-state index contributed by atoms with van der Waals surface area (Å²) in [6.45, 7) is 2.56. The second-order valence-electron chi connectivity index (χ2n) is 6.51. The molecule has 6 nitrogen and oxygen atoms in total. The van der Waals surface area contributed by atoms with Crippen LogP contribution < -0.4 is 0 Å². The van der Waals surface area contributed by atoms with E-state index in [-0.39, 0.29) is 9.92 Å². The van der Waals surface area contributed by atoms with Gasteiger partial charge in [-0.3, -0.25) is 0 Å². The molecule has 0 aliphatic rings. The Morgan fingerprint density at radius 3 is 2.53 bits per heavy atom. The summed E-state index contributed by atoms with van der Waals surface area (Å²) in [7, 11) is -3.96. The van der Waals surface area contributed by atoms with Crippen LogP contribution in [0.25, 0.3) is 11.0 Å². The number of rotatable bonds is 6. The highest BCUT2D eigenvalue weighted by Crippen LogP contribution is 2.28. The van der Waals surface area contributed by atoms with Crippen LogP contribution in [0.2, 0.25) is 0 Å². The van der Waals surface area contributed by atoms with Gasteiger partial charge < -0.3 is 4.57 Å². The summed E-state index contributed by atoms with van der Waals surface area (Å²) in [6, 6.07) is 21.9. The van der Waals surface area contributed by atoms with E-state index in [4.69, 9.17) is 0 Å². The monoisotopic (exact) mass is 434 g/mol. The zero-order valence-electron chi connectivity index (χ0n) is 16.1. The summed E-state index contributed by atoms with van der Waals surface area (Å²) in [4.78, 5) is 4.66. The Morgan fingerprint density at radius 2 is 1.87 bits per heavy atom. The first kappa shape index (κ1) is 20.0. The maximum absolute atomic E-state index is 12.9. The highest BCUT2D eigenvalue weighted by atomic mass is 32.2. The molecule has 2 aromatic heterocycles. The highest BCUT2D eigenvalue weighted by Gasteiger charge is 2.28. The summed E-state index contributed by atoms with van der Waals surface area (Å²) < 4.78 is 32.1. The molecular weight excluding hydrogens is 416 g/mol. The third kappa shape index (κ3) is 3.65. The van der Waals surface area contributed by atoms with Gasteiger partial charge in [-0.25, -0.2) is 4.98 Å². The van der Waals surface area contributed by atoms with E-state index in [1.54, 1.807) is 35.7 Å². The van der Waals surface area contributed by atoms with Gasteiger partial charge in [-0.2, -0.15) is 18.1 Å². The van der Waals surface area contributed by atoms with Gasteiger partial charge in [-0.15, -0.1) is 11.3 Å². The SMILES string of the molecule is CCn1c(C(C#N)/C(=N/S(=O)(=O)c2cccs2)c2ccccc2)nc2ccccc21. The van der Waals surface area contributed by atoms with Gasteiger partial charge in [-0.05, 0) is 36.1 Å². The first-order chi connectivity index (χ1) is 14.5. The number of aromatic nitrogens is 2. The molecule has 150 valence electrons. The average Bonchev–Trinajstić information content (AvgIpc) is 3.43. The lowest BCUT2D eigenvalue weighted by Gasteiger charge is -2.14. The van der Waals surface area contributed by atoms with E-state index in [1.165, 1.54) is 6.07 Å². The summed E-state index contributed by atoms with van der Waals surface area (Å²) in [5, 5.41) is 11.8. The van der Waals surface area contributed by atoms with Crippen LogP contribution in [-0.4, -0.2) is 23.7 Å². The molecule has 8 heteroatoms. The molecule has 0 fully saturated rings. The van der Waals surface area contributed by atoms with Gasteiger partial charge in [0.15, 0.2) is 0 Å². The second kappa shape index (κ2) is 8.22. The van der Waals surface area contributed by atoms with Crippen molar-refractivity contribution in [2.45, 2.75) is 23.6 Å². The molecule has 0 bridgehead atoms. The van der Waals surface area contributed by atoms with Crippen LogP contribution in [0, 0.1) is 11.3 Å². The van der Waals surface area contributed by atoms with Crippen molar-refractivity contribution >= 4 is 38.1 Å². The Labute approximate surface area is 178 Å². The molecule has 2 heterocycles. The molecule has 0 radical (unpaired) electrons. The van der Waals surface area contributed by atoms with Crippen molar-refractivity contribution in [1.29, 1.82) is 5.26 Å². The maximum Gasteiger partial charge on any atom is 0.292 e. The molecule has 0 aliphatic carbocycles. The number of nitrogens with zero attached hydrogens (tertiary/aromatic N) is 4. The van der Waals surface area contributed by atoms with Crippen LogP contribution >= 0.6 is 11.3 Å². The summed E-state index contributed by atoms with van der Waals surface area (Å²) in [5.74, 6) is -0.473. The number of hydrogen-bond donors (Lipinski definition) is 0. The van der Waals surface area contributed by atoms with Gasteiger partial charge in [0.25, 0.3) is 10.0 Å². The Bertz CT molecular complexity index is 1350. The largest absolute Gasteiger partial charge is 0.327 e. The third-order valence-corrected chi connectivity index (χ3v) is 7.36. The topological polar surface area (TPSA) is 88.1 Å². The highest BCUT2D eigenvalue weighted by molar-refractivity contribution is 7.92. The summed E-state index contributed by atoms with van der Waals surface area (Å²) in [6.07, 6.45) is 0. The molecule has 4 aromatic rings. The van der Waals surface area contributed by atoms with E-state index < -0.39 is 15.9 Å². The molecule has 0 amide bonds. The Balaban J connectivity index is 1.95. The molecule has 0 N–H and O–H groups in total. The van der Waals surface area contributed by atoms with Crippen molar-refractivity contribution in [1.82, 2.24) is 9.55 Å². The smallest absolute Gasteiger partial charge is 0.292 e. The van der Waals surface area contributed by atoms with Gasteiger partial charge in [0, 0.05) is 6.54 Å². The number of aryl methyl sites for hydroxylation is 1. The fraction of sp³-hybridized carbons (Fsp3) is 0.136. The minimum atomic E-state index is -3.96. The number of sulfonamides is 1. The lowest BCUT2D eigenvalue weighted by Crippen LogP contribution is -2.19. The molecule has 1 unspecified atom stereocenters. The van der Waals surface area contributed by atoms with Crippen molar-refractivity contribution < 1.29 is 8.42 Å². The number of thiophene rings is 1. The molecule has 0 spiro atoms. The van der Waals surface area contributed by atoms with Gasteiger partial charge in [-0.1, -0.05) is 48.5 Å². The third-order valence-electron chi connectivity index (χ3n) is 4.70. The van der Waals surface area contributed by atoms with E-state index in [2.05, 4.69) is 15.5 Å². The fourth-order valence-electron chi connectivity index (χ4n) is 3.35. The van der Waals surface area contributed by atoms with E-state index in [0.29, 0.717) is 17.9 Å². The standard InChI is InChI=1S/C22H18N4O2S2/c1-2-26-19-12-7-6-11-18(19)24-22(26)17(15-23)21(16-9-4-3-5-10-16)25-30(27,28)20-13-8-14-29-20/h3-14,17H,2H2,1H3/b25-21+. The molecule has 30 heavy (non-hydrogen) atoms. The number of nitriles is 1. The van der Waals surface area contributed by atoms with Gasteiger partial charge in [0.2, 0.25) is 0 Å². The maximum atomic E-state index is 12.9. The van der Waals surface area contributed by atoms with Crippen molar-refractivity contribution in [3.63, 3.8) is 0 Å². The zero-order chi connectivity index (χ0) is 21.1. The van der Waals surface area contributed by atoms with Crippen molar-refractivity contribution in [3.8, 4) is 6.07 Å². The number of benzene rings is 2. The Hall–Kier alpha value is -3.28. The second-order valence-corrected chi connectivity index (χ2v) is 9.29. The fourth-order valence-corrected chi connectivity index (χ4v) is 5.38. The Morgan fingerprint density at radius 1 is 1.13 bits per heavy atom. The number of imidazole rings is 1. The average molecular weight is 435 g/mol. The Kier molecular flexibility index (Phi) is 5.48. The van der Waals surface area contributed by atoms with Crippen LogP contribution in [0.3, 0.4) is 0 Å². The van der Waals surface area contributed by atoms with Crippen molar-refractivity contribution in [3.05, 3.63) is 83.5 Å². The van der Waals surface area contributed by atoms with Crippen LogP contribution in [0.1, 0.15) is 24.2 Å². The molecule has 4 rings (SSSR count). The number of fused-ring (bicyclic) bond motifs is 1. The van der Waals surface area contributed by atoms with Crippen molar-refractivity contribution in [2.75, 3.05) is 0 Å².